The third kappa shape index (κ3) is 7.14. The highest BCUT2D eigenvalue weighted by Gasteiger charge is 2.29. The molecule has 0 aromatic heterocycles. The van der Waals surface area contributed by atoms with Crippen LogP contribution in [-0.2, 0) is 29.8 Å². The lowest BCUT2D eigenvalue weighted by molar-refractivity contribution is -0.122. The minimum Gasteiger partial charge on any atom is -0.497 e. The van der Waals surface area contributed by atoms with Crippen molar-refractivity contribution in [2.45, 2.75) is 27.4 Å². The second-order valence-corrected chi connectivity index (χ2v) is 7.39. The number of rotatable bonds is 12. The molecule has 0 aliphatic carbocycles. The second kappa shape index (κ2) is 10.6. The van der Waals surface area contributed by atoms with E-state index in [1.54, 1.807) is 27.9 Å². The summed E-state index contributed by atoms with van der Waals surface area (Å²) in [6.07, 6.45) is -0.220. The third-order valence-corrected chi connectivity index (χ3v) is 5.35. The standard InChI is InChI=1S/C17H27O6P/c1-5-22-24(19,23-6-2)13-17(18)14(3)11-21-12-15-7-9-16(20-4)10-8-15/h7-10,14H,5-6,11-13H2,1-4H3/t14-/m1/s1. The number of carbonyl (C=O) groups is 1. The number of Topliss-reactive ketones (excluding diaryl/α,β-unsaturated/α-hetero) is 1. The second-order valence-electron chi connectivity index (χ2n) is 5.34. The van der Waals surface area contributed by atoms with Gasteiger partial charge in [-0.3, -0.25) is 9.36 Å². The summed E-state index contributed by atoms with van der Waals surface area (Å²) in [5, 5.41) is 0. The maximum Gasteiger partial charge on any atom is 0.338 e. The summed E-state index contributed by atoms with van der Waals surface area (Å²) < 4.78 is 33.3. The highest BCUT2D eigenvalue weighted by molar-refractivity contribution is 7.54. The van der Waals surface area contributed by atoms with Gasteiger partial charge in [-0.25, -0.2) is 0 Å². The van der Waals surface area contributed by atoms with Gasteiger partial charge in [-0.1, -0.05) is 19.1 Å². The van der Waals surface area contributed by atoms with Crippen molar-refractivity contribution >= 4 is 13.4 Å². The van der Waals surface area contributed by atoms with Crippen molar-refractivity contribution in [2.75, 3.05) is 33.1 Å². The zero-order valence-electron chi connectivity index (χ0n) is 14.8. The molecular formula is C17H27O6P. The average Bonchev–Trinajstić information content (AvgIpc) is 2.55. The molecule has 0 aliphatic heterocycles. The first-order chi connectivity index (χ1) is 11.4. The normalized spacial score (nSPS) is 12.8. The summed E-state index contributed by atoms with van der Waals surface area (Å²) in [5.74, 6) is 0.220. The fourth-order valence-corrected chi connectivity index (χ4v) is 3.77. The van der Waals surface area contributed by atoms with Gasteiger partial charge >= 0.3 is 7.60 Å². The third-order valence-electron chi connectivity index (χ3n) is 3.35. The number of benzene rings is 1. The van der Waals surface area contributed by atoms with Gasteiger partial charge < -0.3 is 18.5 Å². The molecule has 0 fully saturated rings. The zero-order valence-corrected chi connectivity index (χ0v) is 15.7. The Bertz CT molecular complexity index is 533. The van der Waals surface area contributed by atoms with Crippen LogP contribution >= 0.6 is 7.60 Å². The largest absolute Gasteiger partial charge is 0.497 e. The Morgan fingerprint density at radius 1 is 1.12 bits per heavy atom. The first kappa shape index (κ1) is 20.8. The Labute approximate surface area is 144 Å². The number of hydrogen-bond donors (Lipinski definition) is 0. The van der Waals surface area contributed by atoms with E-state index in [1.807, 2.05) is 24.3 Å². The number of ketones is 1. The van der Waals surface area contributed by atoms with E-state index in [4.69, 9.17) is 18.5 Å². The molecule has 1 aromatic carbocycles. The number of methoxy groups -OCH3 is 1. The van der Waals surface area contributed by atoms with Gasteiger partial charge in [0.25, 0.3) is 0 Å². The molecule has 0 saturated heterocycles. The fourth-order valence-electron chi connectivity index (χ4n) is 2.04. The molecule has 0 N–H and O–H groups in total. The van der Waals surface area contributed by atoms with Gasteiger partial charge in [0, 0.05) is 5.92 Å². The lowest BCUT2D eigenvalue weighted by Gasteiger charge is -2.18. The predicted octanol–water partition coefficient (Wildman–Crippen LogP) is 3.68. The van der Waals surface area contributed by atoms with Crippen LogP contribution < -0.4 is 4.74 Å². The molecule has 24 heavy (non-hydrogen) atoms. The van der Waals surface area contributed by atoms with E-state index < -0.39 is 7.60 Å². The smallest absolute Gasteiger partial charge is 0.338 e. The highest BCUT2D eigenvalue weighted by atomic mass is 31.2. The van der Waals surface area contributed by atoms with Crippen LogP contribution in [0.25, 0.3) is 0 Å². The SMILES string of the molecule is CCOP(=O)(CC(=O)[C@H](C)COCc1ccc(OC)cc1)OCC. The van der Waals surface area contributed by atoms with E-state index in [2.05, 4.69) is 0 Å². The van der Waals surface area contributed by atoms with Crippen molar-refractivity contribution in [1.29, 1.82) is 0 Å². The van der Waals surface area contributed by atoms with E-state index in [0.29, 0.717) is 6.61 Å². The molecule has 1 aromatic rings. The van der Waals surface area contributed by atoms with E-state index in [-0.39, 0.29) is 37.7 Å². The van der Waals surface area contributed by atoms with Crippen LogP contribution in [0.3, 0.4) is 0 Å². The maximum atomic E-state index is 12.4. The minimum atomic E-state index is -3.35. The van der Waals surface area contributed by atoms with Crippen LogP contribution in [0.4, 0.5) is 0 Å². The summed E-state index contributed by atoms with van der Waals surface area (Å²) >= 11 is 0. The molecule has 0 radical (unpaired) electrons. The highest BCUT2D eigenvalue weighted by Crippen LogP contribution is 2.48. The van der Waals surface area contributed by atoms with Gasteiger partial charge in [-0.2, -0.15) is 0 Å². The van der Waals surface area contributed by atoms with E-state index in [1.165, 1.54) is 0 Å². The Kier molecular flexibility index (Phi) is 9.22. The van der Waals surface area contributed by atoms with Crippen molar-refractivity contribution in [3.8, 4) is 5.75 Å². The molecule has 0 unspecified atom stereocenters. The summed E-state index contributed by atoms with van der Waals surface area (Å²) in [6, 6.07) is 7.52. The van der Waals surface area contributed by atoms with Gasteiger partial charge in [0.1, 0.15) is 17.7 Å². The maximum absolute atomic E-state index is 12.4. The molecule has 0 amide bonds. The van der Waals surface area contributed by atoms with Gasteiger partial charge in [-0.05, 0) is 31.5 Å². The Morgan fingerprint density at radius 3 is 2.21 bits per heavy atom. The van der Waals surface area contributed by atoms with Crippen molar-refractivity contribution in [2.24, 2.45) is 5.92 Å². The number of hydrogen-bond acceptors (Lipinski definition) is 6. The van der Waals surface area contributed by atoms with E-state index >= 15 is 0 Å². The molecule has 0 spiro atoms. The molecule has 1 atom stereocenters. The average molecular weight is 358 g/mol. The molecule has 0 saturated carbocycles. The van der Waals surface area contributed by atoms with Gasteiger partial charge in [0.05, 0.1) is 33.5 Å². The quantitative estimate of drug-likeness (QED) is 0.531. The van der Waals surface area contributed by atoms with Gasteiger partial charge in [0.15, 0.2) is 0 Å². The van der Waals surface area contributed by atoms with E-state index in [9.17, 15) is 9.36 Å². The number of ether oxygens (including phenoxy) is 2. The monoisotopic (exact) mass is 358 g/mol. The topological polar surface area (TPSA) is 71.1 Å². The van der Waals surface area contributed by atoms with Crippen molar-refractivity contribution in [3.63, 3.8) is 0 Å². The van der Waals surface area contributed by atoms with Crippen LogP contribution in [0.15, 0.2) is 24.3 Å². The van der Waals surface area contributed by atoms with Gasteiger partial charge in [-0.15, -0.1) is 0 Å². The Hall–Kier alpha value is -1.20. The first-order valence-corrected chi connectivity index (χ1v) is 9.78. The van der Waals surface area contributed by atoms with Gasteiger partial charge in [0.2, 0.25) is 0 Å². The molecule has 136 valence electrons. The zero-order chi connectivity index (χ0) is 18.0. The Morgan fingerprint density at radius 2 is 1.71 bits per heavy atom. The lowest BCUT2D eigenvalue weighted by Crippen LogP contribution is -2.21. The summed E-state index contributed by atoms with van der Waals surface area (Å²) in [7, 11) is -1.73. The minimum absolute atomic E-state index is 0.185. The Balaban J connectivity index is 2.44. The van der Waals surface area contributed by atoms with Crippen molar-refractivity contribution in [1.82, 2.24) is 0 Å². The molecular weight excluding hydrogens is 331 g/mol. The van der Waals surface area contributed by atoms with E-state index in [0.717, 1.165) is 11.3 Å². The summed E-state index contributed by atoms with van der Waals surface area (Å²) in [4.78, 5) is 12.2. The van der Waals surface area contributed by atoms with Crippen LogP contribution in [0.2, 0.25) is 0 Å². The predicted molar refractivity (Wildman–Crippen MR) is 92.5 cm³/mol. The molecule has 0 aliphatic rings. The molecule has 1 rings (SSSR count). The summed E-state index contributed by atoms with van der Waals surface area (Å²) in [5.41, 5.74) is 0.991. The van der Waals surface area contributed by atoms with Crippen molar-refractivity contribution < 1.29 is 27.9 Å². The first-order valence-electron chi connectivity index (χ1n) is 8.05. The molecule has 0 bridgehead atoms. The molecule has 7 heteroatoms. The fraction of sp³-hybridized carbons (Fsp3) is 0.588. The van der Waals surface area contributed by atoms with Crippen LogP contribution in [0.1, 0.15) is 26.3 Å². The molecule has 0 heterocycles. The molecule has 6 nitrogen and oxygen atoms in total. The van der Waals surface area contributed by atoms with Crippen LogP contribution in [0, 0.1) is 5.92 Å². The number of carbonyl (C=O) groups excluding carboxylic acids is 1. The lowest BCUT2D eigenvalue weighted by atomic mass is 10.1. The van der Waals surface area contributed by atoms with Crippen LogP contribution in [-0.4, -0.2) is 38.9 Å². The summed E-state index contributed by atoms with van der Waals surface area (Å²) in [6.45, 7) is 6.33. The van der Waals surface area contributed by atoms with Crippen LogP contribution in [0.5, 0.6) is 5.75 Å². The van der Waals surface area contributed by atoms with Crippen molar-refractivity contribution in [3.05, 3.63) is 29.8 Å².